The quantitative estimate of drug-likeness (QED) is 0.712. The molecule has 1 heterocycles. The Morgan fingerprint density at radius 2 is 2.38 bits per heavy atom. The fraction of sp³-hybridized carbons (Fsp3) is 0.333. The summed E-state index contributed by atoms with van der Waals surface area (Å²) in [6, 6.07) is 3.13. The van der Waals surface area contributed by atoms with E-state index in [1.165, 1.54) is 12.3 Å². The number of rotatable bonds is 3. The van der Waals surface area contributed by atoms with E-state index >= 15 is 0 Å². The van der Waals surface area contributed by atoms with Crippen molar-refractivity contribution < 1.29 is 4.79 Å². The lowest BCUT2D eigenvalue weighted by molar-refractivity contribution is 0.0952. The van der Waals surface area contributed by atoms with E-state index in [0.717, 1.165) is 6.42 Å². The standard InChI is InChI=1S/C9H12N2O2/c1-2-5-10-8(12)7-4-3-6-11-9(7)13/h3-4,6H,2,5H2,1H3,(H,10,12)(H,11,13). The Morgan fingerprint density at radius 3 is 3.00 bits per heavy atom. The summed E-state index contributed by atoms with van der Waals surface area (Å²) >= 11 is 0. The Balaban J connectivity index is 2.77. The molecular formula is C9H12N2O2. The second kappa shape index (κ2) is 4.45. The Morgan fingerprint density at radius 1 is 1.62 bits per heavy atom. The number of aromatic amines is 1. The maximum atomic E-state index is 11.3. The van der Waals surface area contributed by atoms with Gasteiger partial charge in [0.1, 0.15) is 5.56 Å². The number of hydrogen-bond acceptors (Lipinski definition) is 2. The number of hydrogen-bond donors (Lipinski definition) is 2. The summed E-state index contributed by atoms with van der Waals surface area (Å²) in [5.74, 6) is -0.316. The van der Waals surface area contributed by atoms with Gasteiger partial charge in [0, 0.05) is 12.7 Å². The molecule has 0 spiro atoms. The third kappa shape index (κ3) is 2.43. The van der Waals surface area contributed by atoms with Gasteiger partial charge in [-0.3, -0.25) is 9.59 Å². The summed E-state index contributed by atoms with van der Waals surface area (Å²) in [5.41, 5.74) is -0.188. The molecule has 2 N–H and O–H groups in total. The second-order valence-electron chi connectivity index (χ2n) is 2.67. The van der Waals surface area contributed by atoms with Crippen molar-refractivity contribution in [3.63, 3.8) is 0 Å². The Kier molecular flexibility index (Phi) is 3.25. The topological polar surface area (TPSA) is 62.0 Å². The van der Waals surface area contributed by atoms with Crippen LogP contribution in [0, 0.1) is 0 Å². The number of H-pyrrole nitrogens is 1. The summed E-state index contributed by atoms with van der Waals surface area (Å²) in [6.07, 6.45) is 2.36. The molecule has 0 aliphatic heterocycles. The van der Waals surface area contributed by atoms with Gasteiger partial charge in [0.15, 0.2) is 0 Å². The van der Waals surface area contributed by atoms with E-state index in [9.17, 15) is 9.59 Å². The van der Waals surface area contributed by atoms with Crippen molar-refractivity contribution >= 4 is 5.91 Å². The molecule has 1 aromatic rings. The van der Waals surface area contributed by atoms with Crippen LogP contribution in [0.5, 0.6) is 0 Å². The van der Waals surface area contributed by atoms with Crippen molar-refractivity contribution in [3.05, 3.63) is 34.2 Å². The van der Waals surface area contributed by atoms with Crippen LogP contribution in [0.2, 0.25) is 0 Å². The molecule has 0 radical (unpaired) electrons. The van der Waals surface area contributed by atoms with Crippen LogP contribution < -0.4 is 10.9 Å². The van der Waals surface area contributed by atoms with E-state index in [-0.39, 0.29) is 17.0 Å². The first-order valence-electron chi connectivity index (χ1n) is 4.21. The highest BCUT2D eigenvalue weighted by Gasteiger charge is 2.07. The molecule has 1 amide bonds. The summed E-state index contributed by atoms with van der Waals surface area (Å²) in [5, 5.41) is 2.63. The lowest BCUT2D eigenvalue weighted by Gasteiger charge is -2.00. The van der Waals surface area contributed by atoms with Crippen LogP contribution in [0.3, 0.4) is 0 Å². The van der Waals surface area contributed by atoms with Gasteiger partial charge in [-0.25, -0.2) is 0 Å². The average molecular weight is 180 g/mol. The zero-order valence-corrected chi connectivity index (χ0v) is 7.46. The van der Waals surface area contributed by atoms with Crippen LogP contribution in [0.15, 0.2) is 23.1 Å². The summed E-state index contributed by atoms with van der Waals surface area (Å²) in [4.78, 5) is 24.8. The fourth-order valence-electron chi connectivity index (χ4n) is 0.934. The first kappa shape index (κ1) is 9.51. The van der Waals surface area contributed by atoms with Gasteiger partial charge in [-0.15, -0.1) is 0 Å². The molecule has 13 heavy (non-hydrogen) atoms. The van der Waals surface area contributed by atoms with Crippen LogP contribution in [0.1, 0.15) is 23.7 Å². The molecule has 0 saturated heterocycles. The number of aromatic nitrogens is 1. The Hall–Kier alpha value is -1.58. The molecule has 0 atom stereocenters. The summed E-state index contributed by atoms with van der Waals surface area (Å²) < 4.78 is 0. The van der Waals surface area contributed by atoms with E-state index in [1.54, 1.807) is 6.07 Å². The van der Waals surface area contributed by atoms with E-state index in [4.69, 9.17) is 0 Å². The second-order valence-corrected chi connectivity index (χ2v) is 2.67. The van der Waals surface area contributed by atoms with E-state index in [0.29, 0.717) is 6.54 Å². The van der Waals surface area contributed by atoms with Crippen LogP contribution in [0.25, 0.3) is 0 Å². The van der Waals surface area contributed by atoms with Crippen LogP contribution in [-0.4, -0.2) is 17.4 Å². The fourth-order valence-corrected chi connectivity index (χ4v) is 0.934. The molecule has 0 saturated carbocycles. The molecule has 4 heteroatoms. The maximum Gasteiger partial charge on any atom is 0.260 e. The number of pyridine rings is 1. The maximum absolute atomic E-state index is 11.3. The molecule has 0 aliphatic carbocycles. The van der Waals surface area contributed by atoms with Gasteiger partial charge in [0.25, 0.3) is 11.5 Å². The number of carbonyl (C=O) groups excluding carboxylic acids is 1. The minimum absolute atomic E-state index is 0.163. The first-order valence-corrected chi connectivity index (χ1v) is 4.21. The highest BCUT2D eigenvalue weighted by Crippen LogP contribution is 1.88. The largest absolute Gasteiger partial charge is 0.352 e. The average Bonchev–Trinajstić information content (AvgIpc) is 2.15. The van der Waals surface area contributed by atoms with E-state index in [2.05, 4.69) is 10.3 Å². The number of carbonyl (C=O) groups is 1. The Bertz CT molecular complexity index is 343. The first-order chi connectivity index (χ1) is 6.25. The van der Waals surface area contributed by atoms with Crippen molar-refractivity contribution in [2.24, 2.45) is 0 Å². The molecule has 0 fully saturated rings. The predicted octanol–water partition coefficient (Wildman–Crippen LogP) is 0.515. The molecule has 0 bridgehead atoms. The van der Waals surface area contributed by atoms with Crippen LogP contribution in [-0.2, 0) is 0 Å². The molecular weight excluding hydrogens is 168 g/mol. The molecule has 1 rings (SSSR count). The normalized spacial score (nSPS) is 9.62. The number of nitrogens with one attached hydrogen (secondary N) is 2. The van der Waals surface area contributed by atoms with Gasteiger partial charge in [-0.05, 0) is 18.6 Å². The molecule has 0 aliphatic rings. The highest BCUT2D eigenvalue weighted by atomic mass is 16.2. The van der Waals surface area contributed by atoms with Crippen LogP contribution in [0.4, 0.5) is 0 Å². The van der Waals surface area contributed by atoms with Gasteiger partial charge in [0.05, 0.1) is 0 Å². The molecule has 1 aromatic heterocycles. The minimum Gasteiger partial charge on any atom is -0.352 e. The monoisotopic (exact) mass is 180 g/mol. The highest BCUT2D eigenvalue weighted by molar-refractivity contribution is 5.93. The molecule has 0 unspecified atom stereocenters. The van der Waals surface area contributed by atoms with Crippen molar-refractivity contribution in [3.8, 4) is 0 Å². The van der Waals surface area contributed by atoms with Crippen molar-refractivity contribution in [2.75, 3.05) is 6.54 Å². The molecule has 0 aromatic carbocycles. The molecule has 4 nitrogen and oxygen atoms in total. The van der Waals surface area contributed by atoms with Crippen molar-refractivity contribution in [2.45, 2.75) is 13.3 Å². The SMILES string of the molecule is CCCNC(=O)c1ccc[nH]c1=O. The van der Waals surface area contributed by atoms with Gasteiger partial charge in [0.2, 0.25) is 0 Å². The van der Waals surface area contributed by atoms with Gasteiger partial charge in [-0.2, -0.15) is 0 Å². The smallest absolute Gasteiger partial charge is 0.260 e. The predicted molar refractivity (Wildman–Crippen MR) is 49.7 cm³/mol. The van der Waals surface area contributed by atoms with Gasteiger partial charge < -0.3 is 10.3 Å². The zero-order valence-electron chi connectivity index (χ0n) is 7.46. The van der Waals surface area contributed by atoms with E-state index < -0.39 is 0 Å². The molecule has 70 valence electrons. The lowest BCUT2D eigenvalue weighted by atomic mass is 10.2. The minimum atomic E-state index is -0.351. The zero-order chi connectivity index (χ0) is 9.68. The van der Waals surface area contributed by atoms with Crippen LogP contribution >= 0.6 is 0 Å². The van der Waals surface area contributed by atoms with Gasteiger partial charge in [-0.1, -0.05) is 6.92 Å². The van der Waals surface area contributed by atoms with Gasteiger partial charge >= 0.3 is 0 Å². The lowest BCUT2D eigenvalue weighted by Crippen LogP contribution is -2.29. The summed E-state index contributed by atoms with van der Waals surface area (Å²) in [7, 11) is 0. The van der Waals surface area contributed by atoms with Crippen molar-refractivity contribution in [1.82, 2.24) is 10.3 Å². The Labute approximate surface area is 76.0 Å². The summed E-state index contributed by atoms with van der Waals surface area (Å²) in [6.45, 7) is 2.54. The van der Waals surface area contributed by atoms with Crippen molar-refractivity contribution in [1.29, 1.82) is 0 Å². The van der Waals surface area contributed by atoms with E-state index in [1.807, 2.05) is 6.92 Å². The number of amides is 1. The third-order valence-electron chi connectivity index (χ3n) is 1.60. The third-order valence-corrected chi connectivity index (χ3v) is 1.60.